The van der Waals surface area contributed by atoms with E-state index in [9.17, 15) is 4.79 Å². The predicted molar refractivity (Wildman–Crippen MR) is 81.1 cm³/mol. The van der Waals surface area contributed by atoms with Gasteiger partial charge in [0.15, 0.2) is 0 Å². The van der Waals surface area contributed by atoms with Gasteiger partial charge in [-0.3, -0.25) is 0 Å². The highest BCUT2D eigenvalue weighted by Gasteiger charge is 2.15. The van der Waals surface area contributed by atoms with Crippen molar-refractivity contribution in [3.8, 4) is 0 Å². The van der Waals surface area contributed by atoms with Gasteiger partial charge in [0.1, 0.15) is 6.10 Å². The van der Waals surface area contributed by atoms with Crippen LogP contribution in [0.15, 0.2) is 11.6 Å². The fourth-order valence-electron chi connectivity index (χ4n) is 2.50. The van der Waals surface area contributed by atoms with Gasteiger partial charge in [-0.15, -0.1) is 0 Å². The fraction of sp³-hybridized carbons (Fsp3) is 0.750. The van der Waals surface area contributed by atoms with E-state index in [0.29, 0.717) is 13.0 Å². The Hall–Kier alpha value is -1.45. The van der Waals surface area contributed by atoms with Crippen LogP contribution in [0.25, 0.3) is 5.53 Å². The molecular formula is C16H26N2O3. The maximum absolute atomic E-state index is 11.1. The summed E-state index contributed by atoms with van der Waals surface area (Å²) in [5.74, 6) is -0.639. The third kappa shape index (κ3) is 8.43. The minimum absolute atomic E-state index is 0.0187. The molecule has 0 heterocycles. The Morgan fingerprint density at radius 2 is 2.10 bits per heavy atom. The number of carbonyl (C=O) groups excluding carboxylic acids is 1. The van der Waals surface area contributed by atoms with E-state index < -0.39 is 5.97 Å². The normalized spacial score (nSPS) is 21.0. The van der Waals surface area contributed by atoms with Crippen molar-refractivity contribution in [1.82, 2.24) is 0 Å². The van der Waals surface area contributed by atoms with Crippen molar-refractivity contribution >= 4 is 12.2 Å². The summed E-state index contributed by atoms with van der Waals surface area (Å²) in [6.45, 7) is 4.45. The molecular weight excluding hydrogens is 268 g/mol. The molecule has 0 aromatic rings. The Bertz CT molecular complexity index is 400. The van der Waals surface area contributed by atoms with E-state index in [2.05, 4.69) is 10.9 Å². The molecule has 1 rings (SSSR count). The quantitative estimate of drug-likeness (QED) is 0.238. The smallest absolute Gasteiger partial charge is 0.413 e. The lowest BCUT2D eigenvalue weighted by Gasteiger charge is -2.19. The average Bonchev–Trinajstić information content (AvgIpc) is 2.37. The van der Waals surface area contributed by atoms with Crippen LogP contribution in [0, 0.1) is 0 Å². The summed E-state index contributed by atoms with van der Waals surface area (Å²) in [7, 11) is 0. The van der Waals surface area contributed by atoms with Crippen LogP contribution in [0.3, 0.4) is 0 Å². The highest BCUT2D eigenvalue weighted by molar-refractivity contribution is 6.20. The molecule has 2 atom stereocenters. The second-order valence-corrected chi connectivity index (χ2v) is 5.66. The van der Waals surface area contributed by atoms with Gasteiger partial charge >= 0.3 is 12.2 Å². The highest BCUT2D eigenvalue weighted by atomic mass is 16.5. The third-order valence-corrected chi connectivity index (χ3v) is 3.58. The van der Waals surface area contributed by atoms with Gasteiger partial charge in [-0.25, -0.2) is 4.79 Å². The van der Waals surface area contributed by atoms with E-state index in [-0.39, 0.29) is 12.2 Å². The summed E-state index contributed by atoms with van der Waals surface area (Å²) in [4.78, 5) is 13.8. The summed E-state index contributed by atoms with van der Waals surface area (Å²) in [6, 6.07) is 0. The summed E-state index contributed by atoms with van der Waals surface area (Å²) in [6.07, 6.45) is 10.9. The van der Waals surface area contributed by atoms with E-state index in [0.717, 1.165) is 19.1 Å². The lowest BCUT2D eigenvalue weighted by atomic mass is 10.0. The van der Waals surface area contributed by atoms with Gasteiger partial charge in [0.25, 0.3) is 0 Å². The number of allylic oxidation sites excluding steroid dienone is 1. The Morgan fingerprint density at radius 3 is 2.86 bits per heavy atom. The lowest BCUT2D eigenvalue weighted by molar-refractivity contribution is -0.144. The van der Waals surface area contributed by atoms with Crippen molar-refractivity contribution in [1.29, 1.82) is 0 Å². The molecule has 0 saturated carbocycles. The van der Waals surface area contributed by atoms with E-state index in [1.54, 1.807) is 6.92 Å². The van der Waals surface area contributed by atoms with Crippen molar-refractivity contribution in [2.75, 3.05) is 6.61 Å². The van der Waals surface area contributed by atoms with Crippen LogP contribution in [0.2, 0.25) is 0 Å². The summed E-state index contributed by atoms with van der Waals surface area (Å²) in [5, 5.41) is 0. The zero-order valence-corrected chi connectivity index (χ0v) is 13.1. The van der Waals surface area contributed by atoms with Gasteiger partial charge in [-0.05, 0) is 45.1 Å². The molecule has 0 saturated heterocycles. The molecule has 0 spiro atoms. The molecule has 0 N–H and O–H groups in total. The number of ether oxygens (including phenoxy) is 2. The van der Waals surface area contributed by atoms with Gasteiger partial charge in [-0.1, -0.05) is 18.9 Å². The van der Waals surface area contributed by atoms with Crippen LogP contribution in [-0.4, -0.2) is 35.8 Å². The van der Waals surface area contributed by atoms with E-state index in [1.807, 2.05) is 6.92 Å². The predicted octanol–water partition coefficient (Wildman–Crippen LogP) is 3.29. The number of rotatable bonds is 7. The molecule has 1 aliphatic rings. The molecule has 0 radical (unpaired) electrons. The van der Waals surface area contributed by atoms with Gasteiger partial charge < -0.3 is 15.0 Å². The SMILES string of the molecule is C[C@H](C[C@@H](C)OC(=O)C=[N+]=[N-])OC/C1=C/CCCCCC1. The molecule has 0 unspecified atom stereocenters. The zero-order chi connectivity index (χ0) is 15.5. The zero-order valence-electron chi connectivity index (χ0n) is 13.1. The summed E-state index contributed by atoms with van der Waals surface area (Å²) in [5.41, 5.74) is 9.63. The topological polar surface area (TPSA) is 71.9 Å². The number of hydrogen-bond donors (Lipinski definition) is 0. The van der Waals surface area contributed by atoms with Crippen LogP contribution < -0.4 is 0 Å². The van der Waals surface area contributed by atoms with Crippen molar-refractivity contribution in [2.45, 2.75) is 71.0 Å². The number of esters is 1. The van der Waals surface area contributed by atoms with Gasteiger partial charge in [0.2, 0.25) is 0 Å². The second kappa shape index (κ2) is 10.3. The second-order valence-electron chi connectivity index (χ2n) is 5.66. The number of carbonyl (C=O) groups is 1. The maximum atomic E-state index is 11.1. The molecule has 5 nitrogen and oxygen atoms in total. The minimum Gasteiger partial charge on any atom is -0.454 e. The largest absolute Gasteiger partial charge is 0.454 e. The van der Waals surface area contributed by atoms with E-state index >= 15 is 0 Å². The average molecular weight is 294 g/mol. The number of nitrogens with zero attached hydrogens (tertiary/aromatic N) is 2. The van der Waals surface area contributed by atoms with Crippen LogP contribution in [0.5, 0.6) is 0 Å². The maximum Gasteiger partial charge on any atom is 0.413 e. The summed E-state index contributed by atoms with van der Waals surface area (Å²) < 4.78 is 10.9. The molecule has 0 bridgehead atoms. The molecule has 0 fully saturated rings. The Kier molecular flexibility index (Phi) is 8.63. The first kappa shape index (κ1) is 17.6. The fourth-order valence-corrected chi connectivity index (χ4v) is 2.50. The van der Waals surface area contributed by atoms with Crippen LogP contribution in [0.1, 0.15) is 58.8 Å². The standard InChI is InChI=1S/C16H26N2O3/c1-13(10-14(2)21-16(19)11-18-17)20-12-15-8-6-4-3-5-7-9-15/h8,11,13-14H,3-7,9-10,12H2,1-2H3/b15-8+/t13-,14-/m1/s1. The van der Waals surface area contributed by atoms with Crippen LogP contribution >= 0.6 is 0 Å². The third-order valence-electron chi connectivity index (χ3n) is 3.58. The first-order chi connectivity index (χ1) is 10.1. The van der Waals surface area contributed by atoms with Crippen molar-refractivity contribution in [3.63, 3.8) is 0 Å². The first-order valence-electron chi connectivity index (χ1n) is 7.79. The van der Waals surface area contributed by atoms with Crippen molar-refractivity contribution in [3.05, 3.63) is 17.2 Å². The molecule has 0 aromatic heterocycles. The molecule has 118 valence electrons. The molecule has 21 heavy (non-hydrogen) atoms. The Balaban J connectivity index is 2.27. The molecule has 0 aliphatic heterocycles. The van der Waals surface area contributed by atoms with Crippen LogP contribution in [0.4, 0.5) is 0 Å². The number of hydrogen-bond acceptors (Lipinski definition) is 3. The highest BCUT2D eigenvalue weighted by Crippen LogP contribution is 2.18. The van der Waals surface area contributed by atoms with Crippen molar-refractivity contribution in [2.24, 2.45) is 0 Å². The van der Waals surface area contributed by atoms with E-state index in [1.165, 1.54) is 31.3 Å². The molecule has 1 aliphatic carbocycles. The van der Waals surface area contributed by atoms with Gasteiger partial charge in [0.05, 0.1) is 12.7 Å². The van der Waals surface area contributed by atoms with Gasteiger partial charge in [0, 0.05) is 6.42 Å². The minimum atomic E-state index is -0.639. The monoisotopic (exact) mass is 294 g/mol. The Morgan fingerprint density at radius 1 is 1.33 bits per heavy atom. The van der Waals surface area contributed by atoms with Crippen molar-refractivity contribution < 1.29 is 19.1 Å². The molecule has 0 aromatic carbocycles. The lowest BCUT2D eigenvalue weighted by Crippen LogP contribution is -2.22. The molecule has 0 amide bonds. The van der Waals surface area contributed by atoms with Crippen LogP contribution in [-0.2, 0) is 14.3 Å². The summed E-state index contributed by atoms with van der Waals surface area (Å²) >= 11 is 0. The molecule has 5 heteroatoms. The Labute approximate surface area is 126 Å². The van der Waals surface area contributed by atoms with E-state index in [4.69, 9.17) is 15.0 Å². The van der Waals surface area contributed by atoms with Gasteiger partial charge in [-0.2, -0.15) is 4.79 Å². The first-order valence-corrected chi connectivity index (χ1v) is 7.79.